The molecule has 1 aliphatic rings. The van der Waals surface area contributed by atoms with Gasteiger partial charge in [0.05, 0.1) is 5.54 Å². The predicted molar refractivity (Wildman–Crippen MR) is 80.4 cm³/mol. The van der Waals surface area contributed by atoms with Gasteiger partial charge in [0.25, 0.3) is 0 Å². The fourth-order valence-electron chi connectivity index (χ4n) is 2.57. The lowest BCUT2D eigenvalue weighted by molar-refractivity contribution is -0.141. The van der Waals surface area contributed by atoms with Crippen LogP contribution in [0.1, 0.15) is 33.3 Å². The smallest absolute Gasteiger partial charge is 0.313 e. The molecule has 19 heavy (non-hydrogen) atoms. The highest BCUT2D eigenvalue weighted by Gasteiger charge is 2.45. The minimum Gasteiger partial charge on any atom is -0.481 e. The molecule has 0 aliphatic carbocycles. The van der Waals surface area contributed by atoms with E-state index in [9.17, 15) is 9.90 Å². The van der Waals surface area contributed by atoms with Crippen LogP contribution in [0.2, 0.25) is 0 Å². The molecule has 3 heteroatoms. The van der Waals surface area contributed by atoms with Crippen molar-refractivity contribution in [3.05, 3.63) is 36.4 Å². The quantitative estimate of drug-likeness (QED) is 0.838. The average Bonchev–Trinajstić information content (AvgIpc) is 2.38. The second-order valence-electron chi connectivity index (χ2n) is 5.03. The number of benzene rings is 1. The van der Waals surface area contributed by atoms with Gasteiger partial charge in [-0.2, -0.15) is 0 Å². The van der Waals surface area contributed by atoms with Crippen LogP contribution in [0.5, 0.6) is 0 Å². The molecule has 0 spiro atoms. The van der Waals surface area contributed by atoms with E-state index in [0.29, 0.717) is 5.57 Å². The molecule has 0 fully saturated rings. The Labute approximate surface area is 115 Å². The highest BCUT2D eigenvalue weighted by atomic mass is 16.4. The summed E-state index contributed by atoms with van der Waals surface area (Å²) in [5.74, 6) is -1.40. The van der Waals surface area contributed by atoms with E-state index in [-0.39, 0.29) is 0 Å². The third-order valence-electron chi connectivity index (χ3n) is 3.78. The van der Waals surface area contributed by atoms with Crippen LogP contribution >= 0.6 is 0 Å². The number of carbonyl (C=O) groups is 1. The number of fused-ring (bicyclic) bond motifs is 1. The van der Waals surface area contributed by atoms with Crippen molar-refractivity contribution in [2.45, 2.75) is 33.2 Å². The zero-order valence-electron chi connectivity index (χ0n) is 12.4. The van der Waals surface area contributed by atoms with Crippen molar-refractivity contribution in [1.82, 2.24) is 0 Å². The third-order valence-corrected chi connectivity index (χ3v) is 3.78. The van der Waals surface area contributed by atoms with Gasteiger partial charge in [-0.3, -0.25) is 4.79 Å². The van der Waals surface area contributed by atoms with Crippen molar-refractivity contribution < 1.29 is 9.90 Å². The van der Waals surface area contributed by atoms with E-state index >= 15 is 0 Å². The number of carboxylic acid groups (broad SMARTS) is 1. The van der Waals surface area contributed by atoms with Gasteiger partial charge in [-0.15, -0.1) is 0 Å². The van der Waals surface area contributed by atoms with Gasteiger partial charge in [0.1, 0.15) is 5.92 Å². The summed E-state index contributed by atoms with van der Waals surface area (Å²) in [7, 11) is 1.93. The summed E-state index contributed by atoms with van der Waals surface area (Å²) >= 11 is 0. The number of hydrogen-bond donors (Lipinski definition) is 1. The first-order valence-electron chi connectivity index (χ1n) is 6.62. The maximum absolute atomic E-state index is 11.4. The van der Waals surface area contributed by atoms with Crippen molar-refractivity contribution in [2.24, 2.45) is 5.92 Å². The van der Waals surface area contributed by atoms with E-state index in [2.05, 4.69) is 6.58 Å². The first-order chi connectivity index (χ1) is 8.87. The minimum atomic E-state index is -0.818. The maximum Gasteiger partial charge on any atom is 0.313 e. The molecule has 1 N–H and O–H groups in total. The van der Waals surface area contributed by atoms with Gasteiger partial charge < -0.3 is 10.0 Å². The van der Waals surface area contributed by atoms with Crippen LogP contribution in [0.15, 0.2) is 30.8 Å². The SMILES string of the molecule is C=C1c2ccccc2N(C)C(C)(C)C1C(=O)O.CC. The number of aliphatic carboxylic acids is 1. The molecule has 0 radical (unpaired) electrons. The average molecular weight is 261 g/mol. The molecule has 1 aliphatic heterocycles. The zero-order valence-corrected chi connectivity index (χ0v) is 12.4. The lowest BCUT2D eigenvalue weighted by Crippen LogP contribution is -2.53. The van der Waals surface area contributed by atoms with Gasteiger partial charge in [-0.05, 0) is 25.5 Å². The minimum absolute atomic E-state index is 0.475. The van der Waals surface area contributed by atoms with Crippen molar-refractivity contribution in [3.63, 3.8) is 0 Å². The summed E-state index contributed by atoms with van der Waals surface area (Å²) in [6, 6.07) is 7.80. The molecule has 104 valence electrons. The fraction of sp³-hybridized carbons (Fsp3) is 0.438. The second-order valence-corrected chi connectivity index (χ2v) is 5.03. The van der Waals surface area contributed by atoms with Gasteiger partial charge in [-0.25, -0.2) is 0 Å². The van der Waals surface area contributed by atoms with Crippen LogP contribution in [0, 0.1) is 5.92 Å². The topological polar surface area (TPSA) is 40.5 Å². The summed E-state index contributed by atoms with van der Waals surface area (Å²) in [6.07, 6.45) is 0. The summed E-state index contributed by atoms with van der Waals surface area (Å²) in [5.41, 5.74) is 2.19. The summed E-state index contributed by atoms with van der Waals surface area (Å²) in [5, 5.41) is 9.40. The van der Waals surface area contributed by atoms with E-state index < -0.39 is 17.4 Å². The Morgan fingerprint density at radius 3 is 2.37 bits per heavy atom. The van der Waals surface area contributed by atoms with Crippen LogP contribution in [0.4, 0.5) is 5.69 Å². The molecule has 0 aromatic heterocycles. The van der Waals surface area contributed by atoms with Crippen LogP contribution < -0.4 is 4.90 Å². The molecule has 1 heterocycles. The largest absolute Gasteiger partial charge is 0.481 e. The molecule has 0 bridgehead atoms. The first-order valence-corrected chi connectivity index (χ1v) is 6.62. The standard InChI is InChI=1S/C14H17NO2.C2H6/c1-9-10-7-5-6-8-11(10)15(4)14(2,3)12(9)13(16)17;1-2/h5-8,12H,1H2,2-4H3,(H,16,17);1-2H3. The number of para-hydroxylation sites is 1. The molecule has 2 rings (SSSR count). The van der Waals surface area contributed by atoms with Crippen molar-refractivity contribution in [3.8, 4) is 0 Å². The summed E-state index contributed by atoms with van der Waals surface area (Å²) in [4.78, 5) is 13.5. The van der Waals surface area contributed by atoms with Crippen LogP contribution in [-0.2, 0) is 4.79 Å². The molecule has 3 nitrogen and oxygen atoms in total. The summed E-state index contributed by atoms with van der Waals surface area (Å²) in [6.45, 7) is 11.9. The first kappa shape index (κ1) is 15.3. The molecular formula is C16H23NO2. The van der Waals surface area contributed by atoms with Gasteiger partial charge in [0, 0.05) is 18.3 Å². The van der Waals surface area contributed by atoms with Gasteiger partial charge in [-0.1, -0.05) is 38.6 Å². The van der Waals surface area contributed by atoms with Gasteiger partial charge in [0.15, 0.2) is 0 Å². The molecule has 0 amide bonds. The highest BCUT2D eigenvalue weighted by molar-refractivity contribution is 5.94. The third kappa shape index (κ3) is 2.37. The van der Waals surface area contributed by atoms with Gasteiger partial charge >= 0.3 is 5.97 Å². The Balaban J connectivity index is 0.000000861. The van der Waals surface area contributed by atoms with Crippen molar-refractivity contribution in [1.29, 1.82) is 0 Å². The molecule has 1 aromatic carbocycles. The highest BCUT2D eigenvalue weighted by Crippen LogP contribution is 2.45. The monoisotopic (exact) mass is 261 g/mol. The molecule has 1 aromatic rings. The lowest BCUT2D eigenvalue weighted by Gasteiger charge is -2.47. The zero-order chi connectivity index (χ0) is 14.8. The molecular weight excluding hydrogens is 238 g/mol. The van der Waals surface area contributed by atoms with Crippen molar-refractivity contribution in [2.75, 3.05) is 11.9 Å². The van der Waals surface area contributed by atoms with Crippen LogP contribution in [0.25, 0.3) is 5.57 Å². The Kier molecular flexibility index (Phi) is 4.40. The van der Waals surface area contributed by atoms with E-state index in [0.717, 1.165) is 11.3 Å². The Hall–Kier alpha value is -1.77. The molecule has 1 atom stereocenters. The molecule has 0 saturated carbocycles. The van der Waals surface area contributed by atoms with E-state index in [1.807, 2.05) is 63.9 Å². The maximum atomic E-state index is 11.4. The Morgan fingerprint density at radius 1 is 1.32 bits per heavy atom. The summed E-state index contributed by atoms with van der Waals surface area (Å²) < 4.78 is 0. The number of nitrogens with zero attached hydrogens (tertiary/aromatic N) is 1. The van der Waals surface area contributed by atoms with E-state index in [4.69, 9.17) is 0 Å². The number of rotatable bonds is 1. The van der Waals surface area contributed by atoms with Crippen molar-refractivity contribution >= 4 is 17.2 Å². The molecule has 0 saturated heterocycles. The fourth-order valence-corrected chi connectivity index (χ4v) is 2.57. The van der Waals surface area contributed by atoms with E-state index in [1.54, 1.807) is 0 Å². The predicted octanol–water partition coefficient (Wildman–Crippen LogP) is 3.66. The second kappa shape index (κ2) is 5.47. The number of hydrogen-bond acceptors (Lipinski definition) is 2. The Bertz CT molecular complexity index is 491. The van der Waals surface area contributed by atoms with Crippen LogP contribution in [0.3, 0.4) is 0 Å². The number of carboxylic acids is 1. The normalized spacial score (nSPS) is 20.2. The van der Waals surface area contributed by atoms with Gasteiger partial charge in [0.2, 0.25) is 0 Å². The number of anilines is 1. The Morgan fingerprint density at radius 2 is 1.84 bits per heavy atom. The van der Waals surface area contributed by atoms with E-state index in [1.165, 1.54) is 0 Å². The van der Waals surface area contributed by atoms with Crippen LogP contribution in [-0.4, -0.2) is 23.7 Å². The lowest BCUT2D eigenvalue weighted by atomic mass is 9.74. The molecule has 1 unspecified atom stereocenters.